The molecular weight excluding hydrogens is 226 g/mol. The fraction of sp³-hybridized carbons (Fsp3) is 0.786. The van der Waals surface area contributed by atoms with E-state index in [0.29, 0.717) is 6.54 Å². The van der Waals surface area contributed by atoms with Crippen LogP contribution in [-0.2, 0) is 12.1 Å². The first kappa shape index (κ1) is 10.9. The summed E-state index contributed by atoms with van der Waals surface area (Å²) in [6, 6.07) is 1.68. The highest BCUT2D eigenvalue weighted by molar-refractivity contribution is 5.08. The molecule has 1 aromatic heterocycles. The maximum Gasteiger partial charge on any atom is 0.267 e. The zero-order valence-electron chi connectivity index (χ0n) is 10.7. The Hall–Kier alpha value is -1.03. The highest BCUT2D eigenvalue weighted by Crippen LogP contribution is 2.58. The number of rotatable bonds is 2. The van der Waals surface area contributed by atoms with E-state index >= 15 is 0 Å². The molecule has 0 saturated heterocycles. The van der Waals surface area contributed by atoms with Gasteiger partial charge in [0.05, 0.1) is 11.2 Å². The molecule has 0 radical (unpaired) electrons. The molecule has 18 heavy (non-hydrogen) atoms. The first-order valence-electron chi connectivity index (χ1n) is 7.20. The fourth-order valence-corrected chi connectivity index (χ4v) is 5.24. The average Bonchev–Trinajstić information content (AvgIpc) is 2.69. The second-order valence-corrected chi connectivity index (χ2v) is 6.80. The van der Waals surface area contributed by atoms with Gasteiger partial charge in [0.1, 0.15) is 0 Å². The van der Waals surface area contributed by atoms with E-state index in [4.69, 9.17) is 5.73 Å². The summed E-state index contributed by atoms with van der Waals surface area (Å²) >= 11 is 0. The summed E-state index contributed by atoms with van der Waals surface area (Å²) in [7, 11) is 0. The number of aromatic amines is 1. The lowest BCUT2D eigenvalue weighted by Crippen LogP contribution is -2.54. The zero-order valence-corrected chi connectivity index (χ0v) is 10.7. The molecule has 0 atom stereocenters. The Kier molecular flexibility index (Phi) is 2.11. The van der Waals surface area contributed by atoms with Gasteiger partial charge in [-0.1, -0.05) is 0 Å². The molecule has 1 heterocycles. The van der Waals surface area contributed by atoms with Crippen molar-refractivity contribution in [2.75, 3.05) is 0 Å². The van der Waals surface area contributed by atoms with E-state index in [1.165, 1.54) is 38.5 Å². The summed E-state index contributed by atoms with van der Waals surface area (Å²) in [4.78, 5) is 12.2. The van der Waals surface area contributed by atoms with Crippen molar-refractivity contribution in [1.29, 1.82) is 0 Å². The Morgan fingerprint density at radius 3 is 2.22 bits per heavy atom. The van der Waals surface area contributed by atoms with Gasteiger partial charge in [0.25, 0.3) is 5.56 Å². The minimum Gasteiger partial charge on any atom is -0.325 e. The molecule has 0 unspecified atom stereocenters. The van der Waals surface area contributed by atoms with Crippen LogP contribution in [-0.4, -0.2) is 9.78 Å². The number of nitrogens with two attached hydrogens (primary N) is 1. The predicted octanol–water partition coefficient (Wildman–Crippen LogP) is 1.56. The molecule has 4 fully saturated rings. The van der Waals surface area contributed by atoms with Gasteiger partial charge >= 0.3 is 0 Å². The Balaban J connectivity index is 1.79. The second kappa shape index (κ2) is 3.50. The van der Waals surface area contributed by atoms with Crippen molar-refractivity contribution in [2.24, 2.45) is 23.5 Å². The largest absolute Gasteiger partial charge is 0.325 e. The van der Waals surface area contributed by atoms with Crippen LogP contribution < -0.4 is 11.3 Å². The van der Waals surface area contributed by atoms with Crippen LogP contribution in [0.2, 0.25) is 0 Å². The molecule has 4 aliphatic carbocycles. The first-order valence-corrected chi connectivity index (χ1v) is 7.20. The fourth-order valence-electron chi connectivity index (χ4n) is 5.24. The van der Waals surface area contributed by atoms with Crippen molar-refractivity contribution in [3.05, 3.63) is 22.1 Å². The topological polar surface area (TPSA) is 63.8 Å². The van der Waals surface area contributed by atoms with Gasteiger partial charge in [-0.05, 0) is 56.3 Å². The Labute approximate surface area is 107 Å². The highest BCUT2D eigenvalue weighted by atomic mass is 16.1. The number of hydrogen-bond acceptors (Lipinski definition) is 2. The van der Waals surface area contributed by atoms with Crippen LogP contribution in [0, 0.1) is 17.8 Å². The van der Waals surface area contributed by atoms with Gasteiger partial charge in [0.15, 0.2) is 0 Å². The maximum atomic E-state index is 12.2. The predicted molar refractivity (Wildman–Crippen MR) is 69.1 cm³/mol. The van der Waals surface area contributed by atoms with Crippen LogP contribution >= 0.6 is 0 Å². The molecule has 0 amide bonds. The van der Waals surface area contributed by atoms with Crippen LogP contribution in [0.5, 0.6) is 0 Å². The molecule has 4 bridgehead atoms. The number of nitrogens with one attached hydrogen (secondary N) is 1. The molecular formula is C14H21N3O. The summed E-state index contributed by atoms with van der Waals surface area (Å²) in [5.74, 6) is 2.56. The zero-order chi connectivity index (χ0) is 12.3. The van der Waals surface area contributed by atoms with E-state index in [-0.39, 0.29) is 11.1 Å². The quantitative estimate of drug-likeness (QED) is 0.833. The Bertz CT molecular complexity index is 492. The standard InChI is InChI=1S/C14H21N3O/c15-8-12-4-13(18)17(16-12)14-5-9-1-10(6-14)3-11(2-9)7-14/h4,9-11,16H,1-3,5-8,15H2. The smallest absolute Gasteiger partial charge is 0.267 e. The number of H-pyrrole nitrogens is 1. The molecule has 0 spiro atoms. The van der Waals surface area contributed by atoms with Crippen molar-refractivity contribution in [1.82, 2.24) is 9.78 Å². The van der Waals surface area contributed by atoms with Gasteiger partial charge in [0, 0.05) is 12.6 Å². The second-order valence-electron chi connectivity index (χ2n) is 6.80. The van der Waals surface area contributed by atoms with E-state index in [1.807, 2.05) is 4.68 Å². The van der Waals surface area contributed by atoms with Crippen molar-refractivity contribution in [3.8, 4) is 0 Å². The summed E-state index contributed by atoms with van der Waals surface area (Å²) in [5, 5.41) is 3.27. The van der Waals surface area contributed by atoms with E-state index in [2.05, 4.69) is 5.10 Å². The molecule has 3 N–H and O–H groups in total. The average molecular weight is 247 g/mol. The van der Waals surface area contributed by atoms with Crippen molar-refractivity contribution in [2.45, 2.75) is 50.6 Å². The third kappa shape index (κ3) is 1.38. The summed E-state index contributed by atoms with van der Waals surface area (Å²) in [6.07, 6.45) is 7.80. The van der Waals surface area contributed by atoms with Crippen LogP contribution in [0.25, 0.3) is 0 Å². The monoisotopic (exact) mass is 247 g/mol. The minimum absolute atomic E-state index is 0.0965. The highest BCUT2D eigenvalue weighted by Gasteiger charge is 2.52. The van der Waals surface area contributed by atoms with Gasteiger partial charge in [0.2, 0.25) is 0 Å². The van der Waals surface area contributed by atoms with Crippen LogP contribution in [0.1, 0.15) is 44.2 Å². The van der Waals surface area contributed by atoms with Crippen LogP contribution in [0.4, 0.5) is 0 Å². The van der Waals surface area contributed by atoms with E-state index in [0.717, 1.165) is 23.4 Å². The SMILES string of the molecule is NCc1cc(=O)n(C23CC4CC(CC(C4)C2)C3)[nH]1. The molecule has 0 aromatic carbocycles. The lowest BCUT2D eigenvalue weighted by molar-refractivity contribution is -0.0511. The van der Waals surface area contributed by atoms with Crippen LogP contribution in [0.15, 0.2) is 10.9 Å². The summed E-state index contributed by atoms with van der Waals surface area (Å²) in [6.45, 7) is 0.425. The Morgan fingerprint density at radius 2 is 1.78 bits per heavy atom. The molecule has 4 nitrogen and oxygen atoms in total. The number of hydrogen-bond donors (Lipinski definition) is 2. The molecule has 4 heteroatoms. The minimum atomic E-state index is 0.0965. The van der Waals surface area contributed by atoms with Gasteiger partial charge in [-0.15, -0.1) is 0 Å². The molecule has 4 aliphatic rings. The van der Waals surface area contributed by atoms with Gasteiger partial charge in [-0.2, -0.15) is 0 Å². The molecule has 0 aliphatic heterocycles. The normalized spacial score (nSPS) is 41.5. The molecule has 1 aromatic rings. The van der Waals surface area contributed by atoms with Crippen molar-refractivity contribution >= 4 is 0 Å². The third-order valence-electron chi connectivity index (χ3n) is 5.47. The lowest BCUT2D eigenvalue weighted by Gasteiger charge is -2.56. The summed E-state index contributed by atoms with van der Waals surface area (Å²) in [5.41, 5.74) is 6.73. The molecule has 4 saturated carbocycles. The number of nitrogens with zero attached hydrogens (tertiary/aromatic N) is 1. The number of aromatic nitrogens is 2. The van der Waals surface area contributed by atoms with Crippen molar-refractivity contribution in [3.63, 3.8) is 0 Å². The van der Waals surface area contributed by atoms with E-state index in [9.17, 15) is 4.79 Å². The third-order valence-corrected chi connectivity index (χ3v) is 5.47. The van der Waals surface area contributed by atoms with Crippen molar-refractivity contribution < 1.29 is 0 Å². The van der Waals surface area contributed by atoms with Crippen LogP contribution in [0.3, 0.4) is 0 Å². The van der Waals surface area contributed by atoms with E-state index < -0.39 is 0 Å². The van der Waals surface area contributed by atoms with E-state index in [1.54, 1.807) is 6.07 Å². The summed E-state index contributed by atoms with van der Waals surface area (Å²) < 4.78 is 1.93. The maximum absolute atomic E-state index is 12.2. The molecule has 98 valence electrons. The van der Waals surface area contributed by atoms with Gasteiger partial charge in [-0.3, -0.25) is 9.89 Å². The lowest BCUT2D eigenvalue weighted by atomic mass is 9.53. The van der Waals surface area contributed by atoms with Gasteiger partial charge < -0.3 is 5.73 Å². The molecule has 5 rings (SSSR count). The first-order chi connectivity index (χ1) is 8.68. The Morgan fingerprint density at radius 1 is 1.22 bits per heavy atom. The van der Waals surface area contributed by atoms with Gasteiger partial charge in [-0.25, -0.2) is 4.68 Å².